The Bertz CT molecular complexity index is 943. The summed E-state index contributed by atoms with van der Waals surface area (Å²) in [6.07, 6.45) is 3.22. The summed E-state index contributed by atoms with van der Waals surface area (Å²) >= 11 is 5.91. The van der Waals surface area contributed by atoms with Gasteiger partial charge in [-0.3, -0.25) is 4.98 Å². The van der Waals surface area contributed by atoms with Crippen molar-refractivity contribution < 1.29 is 19.2 Å². The van der Waals surface area contributed by atoms with Crippen LogP contribution in [-0.2, 0) is 4.74 Å². The Morgan fingerprint density at radius 3 is 2.78 bits per heavy atom. The van der Waals surface area contributed by atoms with Crippen LogP contribution in [0.5, 0.6) is 0 Å². The highest BCUT2D eigenvalue weighted by Crippen LogP contribution is 2.34. The van der Waals surface area contributed by atoms with Crippen LogP contribution in [0, 0.1) is 0 Å². The fraction of sp³-hybridized carbons (Fsp3) is 0.211. The Labute approximate surface area is 160 Å². The molecule has 4 rings (SSSR count). The number of benzene rings is 1. The number of anilines is 1. The molecule has 1 unspecified atom stereocenters. The third kappa shape index (κ3) is 3.51. The van der Waals surface area contributed by atoms with Gasteiger partial charge in [-0.1, -0.05) is 22.8 Å². The Morgan fingerprint density at radius 2 is 2.07 bits per heavy atom. The van der Waals surface area contributed by atoms with E-state index in [1.165, 1.54) is 0 Å². The SMILES string of the molecule is O=C(O)c1c(N2CCOC(c3cccnc3)C2)noc1-c1ccc(Cl)cc1. The molecule has 1 atom stereocenters. The van der Waals surface area contributed by atoms with Crippen molar-refractivity contribution in [3.05, 3.63) is 64.9 Å². The second kappa shape index (κ2) is 7.38. The van der Waals surface area contributed by atoms with Gasteiger partial charge in [-0.25, -0.2) is 4.79 Å². The van der Waals surface area contributed by atoms with E-state index in [-0.39, 0.29) is 17.4 Å². The summed E-state index contributed by atoms with van der Waals surface area (Å²) in [7, 11) is 0. The zero-order valence-electron chi connectivity index (χ0n) is 14.2. The monoisotopic (exact) mass is 385 g/mol. The second-order valence-corrected chi connectivity index (χ2v) is 6.55. The molecule has 0 bridgehead atoms. The lowest BCUT2D eigenvalue weighted by Gasteiger charge is -2.33. The molecule has 138 valence electrons. The number of nitrogens with zero attached hydrogens (tertiary/aromatic N) is 3. The molecule has 0 amide bonds. The first kappa shape index (κ1) is 17.5. The van der Waals surface area contributed by atoms with E-state index in [1.54, 1.807) is 36.7 Å². The van der Waals surface area contributed by atoms with Crippen molar-refractivity contribution in [3.8, 4) is 11.3 Å². The molecule has 0 spiro atoms. The number of aromatic nitrogens is 2. The number of ether oxygens (including phenoxy) is 1. The molecule has 27 heavy (non-hydrogen) atoms. The molecule has 8 heteroatoms. The van der Waals surface area contributed by atoms with Gasteiger partial charge < -0.3 is 19.3 Å². The van der Waals surface area contributed by atoms with Gasteiger partial charge in [0.05, 0.1) is 13.2 Å². The molecule has 3 heterocycles. The largest absolute Gasteiger partial charge is 0.477 e. The van der Waals surface area contributed by atoms with Crippen molar-refractivity contribution in [2.45, 2.75) is 6.10 Å². The maximum atomic E-state index is 11.9. The van der Waals surface area contributed by atoms with Crippen molar-refractivity contribution in [1.82, 2.24) is 10.1 Å². The summed E-state index contributed by atoms with van der Waals surface area (Å²) in [6, 6.07) is 10.5. The molecule has 2 aromatic heterocycles. The molecule has 1 aromatic carbocycles. The third-order valence-electron chi connectivity index (χ3n) is 4.42. The molecule has 1 fully saturated rings. The number of halogens is 1. The van der Waals surface area contributed by atoms with E-state index in [2.05, 4.69) is 10.1 Å². The molecular formula is C19H16ClN3O4. The Balaban J connectivity index is 1.67. The summed E-state index contributed by atoms with van der Waals surface area (Å²) in [4.78, 5) is 17.9. The number of morpholine rings is 1. The van der Waals surface area contributed by atoms with Crippen LogP contribution in [0.1, 0.15) is 22.0 Å². The molecule has 1 aliphatic rings. The molecule has 0 saturated carbocycles. The maximum absolute atomic E-state index is 11.9. The Kier molecular flexibility index (Phi) is 4.79. The van der Waals surface area contributed by atoms with Crippen LogP contribution in [0.15, 0.2) is 53.3 Å². The van der Waals surface area contributed by atoms with Gasteiger partial charge in [-0.15, -0.1) is 0 Å². The van der Waals surface area contributed by atoms with Crippen molar-refractivity contribution >= 4 is 23.4 Å². The van der Waals surface area contributed by atoms with Crippen LogP contribution < -0.4 is 4.90 Å². The Morgan fingerprint density at radius 1 is 1.26 bits per heavy atom. The Hall–Kier alpha value is -2.90. The lowest BCUT2D eigenvalue weighted by atomic mass is 10.1. The predicted octanol–water partition coefficient (Wildman–Crippen LogP) is 3.67. The van der Waals surface area contributed by atoms with Gasteiger partial charge >= 0.3 is 5.97 Å². The van der Waals surface area contributed by atoms with Gasteiger partial charge in [-0.2, -0.15) is 0 Å². The third-order valence-corrected chi connectivity index (χ3v) is 4.67. The maximum Gasteiger partial charge on any atom is 0.343 e. The summed E-state index contributed by atoms with van der Waals surface area (Å²) in [6.45, 7) is 1.42. The standard InChI is InChI=1S/C19H16ClN3O4/c20-14-5-3-12(4-6-14)17-16(19(24)25)18(22-27-17)23-8-9-26-15(11-23)13-2-1-7-21-10-13/h1-7,10,15H,8-9,11H2,(H,24,25). The lowest BCUT2D eigenvalue weighted by Crippen LogP contribution is -2.39. The molecule has 3 aromatic rings. The van der Waals surface area contributed by atoms with Crippen molar-refractivity contribution in [2.24, 2.45) is 0 Å². The number of carbonyl (C=O) groups is 1. The van der Waals surface area contributed by atoms with E-state index in [9.17, 15) is 9.90 Å². The minimum atomic E-state index is -1.10. The van der Waals surface area contributed by atoms with E-state index < -0.39 is 5.97 Å². The first-order chi connectivity index (χ1) is 13.1. The second-order valence-electron chi connectivity index (χ2n) is 6.11. The van der Waals surface area contributed by atoms with Crippen LogP contribution in [0.4, 0.5) is 5.82 Å². The van der Waals surface area contributed by atoms with E-state index in [4.69, 9.17) is 20.9 Å². The van der Waals surface area contributed by atoms with E-state index in [1.807, 2.05) is 17.0 Å². The molecule has 0 radical (unpaired) electrons. The summed E-state index contributed by atoms with van der Waals surface area (Å²) < 4.78 is 11.2. The van der Waals surface area contributed by atoms with Crippen LogP contribution >= 0.6 is 11.6 Å². The highest BCUT2D eigenvalue weighted by molar-refractivity contribution is 6.30. The highest BCUT2D eigenvalue weighted by atomic mass is 35.5. The molecule has 1 saturated heterocycles. The summed E-state index contributed by atoms with van der Waals surface area (Å²) in [5.74, 6) is -0.594. The number of carboxylic acid groups (broad SMARTS) is 1. The number of aromatic carboxylic acids is 1. The van der Waals surface area contributed by atoms with Gasteiger partial charge in [0.25, 0.3) is 0 Å². The average Bonchev–Trinajstić information content (AvgIpc) is 3.15. The number of hydrogen-bond donors (Lipinski definition) is 1. The minimum absolute atomic E-state index is 0.0316. The number of rotatable bonds is 4. The smallest absolute Gasteiger partial charge is 0.343 e. The molecule has 1 aliphatic heterocycles. The highest BCUT2D eigenvalue weighted by Gasteiger charge is 2.31. The molecular weight excluding hydrogens is 370 g/mol. The normalized spacial score (nSPS) is 17.1. The lowest BCUT2D eigenvalue weighted by molar-refractivity contribution is 0.0389. The number of carboxylic acids is 1. The van der Waals surface area contributed by atoms with Crippen LogP contribution in [0.2, 0.25) is 5.02 Å². The predicted molar refractivity (Wildman–Crippen MR) is 99.1 cm³/mol. The van der Waals surface area contributed by atoms with Crippen LogP contribution in [0.25, 0.3) is 11.3 Å². The van der Waals surface area contributed by atoms with Crippen molar-refractivity contribution in [1.29, 1.82) is 0 Å². The molecule has 0 aliphatic carbocycles. The van der Waals surface area contributed by atoms with Crippen LogP contribution in [0.3, 0.4) is 0 Å². The van der Waals surface area contributed by atoms with Gasteiger partial charge in [-0.05, 0) is 30.3 Å². The van der Waals surface area contributed by atoms with E-state index in [0.29, 0.717) is 36.1 Å². The average molecular weight is 386 g/mol. The van der Waals surface area contributed by atoms with Gasteiger partial charge in [0.15, 0.2) is 17.1 Å². The fourth-order valence-corrected chi connectivity index (χ4v) is 3.22. The first-order valence-corrected chi connectivity index (χ1v) is 8.76. The quantitative estimate of drug-likeness (QED) is 0.732. The molecule has 7 nitrogen and oxygen atoms in total. The summed E-state index contributed by atoms with van der Waals surface area (Å²) in [5, 5.41) is 14.4. The van der Waals surface area contributed by atoms with Gasteiger partial charge in [0.2, 0.25) is 0 Å². The minimum Gasteiger partial charge on any atom is -0.477 e. The van der Waals surface area contributed by atoms with Crippen LogP contribution in [-0.4, -0.2) is 40.9 Å². The zero-order chi connectivity index (χ0) is 18.8. The van der Waals surface area contributed by atoms with Crippen molar-refractivity contribution in [2.75, 3.05) is 24.6 Å². The molecule has 1 N–H and O–H groups in total. The van der Waals surface area contributed by atoms with E-state index >= 15 is 0 Å². The van der Waals surface area contributed by atoms with Gasteiger partial charge in [0, 0.05) is 35.1 Å². The first-order valence-electron chi connectivity index (χ1n) is 8.39. The zero-order valence-corrected chi connectivity index (χ0v) is 15.0. The fourth-order valence-electron chi connectivity index (χ4n) is 3.10. The van der Waals surface area contributed by atoms with E-state index in [0.717, 1.165) is 5.56 Å². The number of hydrogen-bond acceptors (Lipinski definition) is 6. The summed E-state index contributed by atoms with van der Waals surface area (Å²) in [5.41, 5.74) is 1.57. The van der Waals surface area contributed by atoms with Crippen molar-refractivity contribution in [3.63, 3.8) is 0 Å². The van der Waals surface area contributed by atoms with Gasteiger partial charge in [0.1, 0.15) is 6.10 Å². The number of pyridine rings is 1. The topological polar surface area (TPSA) is 88.7 Å².